The first-order chi connectivity index (χ1) is 13.0. The lowest BCUT2D eigenvalue weighted by Gasteiger charge is -2.11. The number of hydrogen-bond acceptors (Lipinski definition) is 5. The number of benzene rings is 1. The molecule has 2 heterocycles. The number of halogens is 3. The first-order valence-electron chi connectivity index (χ1n) is 8.23. The van der Waals surface area contributed by atoms with Crippen molar-refractivity contribution in [1.29, 1.82) is 0 Å². The molecule has 1 fully saturated rings. The lowest BCUT2D eigenvalue weighted by molar-refractivity contribution is -0.0553. The van der Waals surface area contributed by atoms with Gasteiger partial charge in [0.2, 0.25) is 0 Å². The number of carbonyl (C=O) groups excluding carboxylic acids is 1. The molecule has 0 aliphatic heterocycles. The number of H-pyrrole nitrogens is 1. The Morgan fingerprint density at radius 2 is 2.15 bits per heavy atom. The molecule has 1 aliphatic carbocycles. The second kappa shape index (κ2) is 6.86. The van der Waals surface area contributed by atoms with E-state index in [1.54, 1.807) is 0 Å². The molecule has 7 nitrogen and oxygen atoms in total. The van der Waals surface area contributed by atoms with E-state index in [1.807, 2.05) is 12.1 Å². The van der Waals surface area contributed by atoms with Gasteiger partial charge in [-0.15, -0.1) is 0 Å². The van der Waals surface area contributed by atoms with Gasteiger partial charge >= 0.3 is 6.61 Å². The minimum atomic E-state index is -3.20. The third kappa shape index (κ3) is 3.55. The number of amides is 1. The summed E-state index contributed by atoms with van der Waals surface area (Å²) in [6.07, 6.45) is 3.13. The maximum absolute atomic E-state index is 13.8. The standard InChI is InChI=1S/C17H14F3N5O2/c18-12-5-9(6-22-16(12)27-17(19)20)15(26)21-7-11-10(8-1-2-8)3-4-13-14(11)24-25-23-13/h3-6,8,17H,1-2,7H2,(H,21,26)(H,23,24,25). The molecule has 0 saturated heterocycles. The molecule has 4 rings (SSSR count). The smallest absolute Gasteiger partial charge is 0.388 e. The number of nitrogens with one attached hydrogen (secondary N) is 2. The van der Waals surface area contributed by atoms with Gasteiger partial charge in [0.05, 0.1) is 5.56 Å². The maximum Gasteiger partial charge on any atom is 0.388 e. The Balaban J connectivity index is 1.53. The third-order valence-electron chi connectivity index (χ3n) is 4.34. The van der Waals surface area contributed by atoms with Gasteiger partial charge in [-0.1, -0.05) is 6.07 Å². The lowest BCUT2D eigenvalue weighted by atomic mass is 10.0. The van der Waals surface area contributed by atoms with Crippen LogP contribution < -0.4 is 10.1 Å². The molecule has 0 atom stereocenters. The average Bonchev–Trinajstić information content (AvgIpc) is 3.37. The summed E-state index contributed by atoms with van der Waals surface area (Å²) in [4.78, 5) is 15.8. The summed E-state index contributed by atoms with van der Waals surface area (Å²) in [7, 11) is 0. The van der Waals surface area contributed by atoms with Crippen LogP contribution in [0.1, 0.15) is 40.2 Å². The molecule has 0 radical (unpaired) electrons. The number of ether oxygens (including phenoxy) is 1. The fourth-order valence-electron chi connectivity index (χ4n) is 2.94. The summed E-state index contributed by atoms with van der Waals surface area (Å²) < 4.78 is 42.0. The fourth-order valence-corrected chi connectivity index (χ4v) is 2.94. The molecule has 0 spiro atoms. The van der Waals surface area contributed by atoms with Crippen LogP contribution in [-0.4, -0.2) is 32.9 Å². The minimum absolute atomic E-state index is 0.102. The predicted molar refractivity (Wildman–Crippen MR) is 87.9 cm³/mol. The first kappa shape index (κ1) is 17.3. The van der Waals surface area contributed by atoms with Crippen LogP contribution in [0.25, 0.3) is 11.0 Å². The number of hydrogen-bond donors (Lipinski definition) is 2. The SMILES string of the molecule is O=C(NCc1c(C2CC2)ccc2n[nH]nc12)c1cnc(OC(F)F)c(F)c1. The summed E-state index contributed by atoms with van der Waals surface area (Å²) in [5.41, 5.74) is 3.20. The second-order valence-electron chi connectivity index (χ2n) is 6.17. The van der Waals surface area contributed by atoms with Crippen molar-refractivity contribution in [2.24, 2.45) is 0 Å². The van der Waals surface area contributed by atoms with Crippen molar-refractivity contribution in [2.75, 3.05) is 0 Å². The Bertz CT molecular complexity index is 1000. The van der Waals surface area contributed by atoms with Gasteiger partial charge in [0.25, 0.3) is 11.8 Å². The molecule has 0 bridgehead atoms. The molecule has 10 heteroatoms. The monoisotopic (exact) mass is 377 g/mol. The molecule has 1 amide bonds. The van der Waals surface area contributed by atoms with Gasteiger partial charge < -0.3 is 10.1 Å². The highest BCUT2D eigenvalue weighted by Gasteiger charge is 2.27. The van der Waals surface area contributed by atoms with Crippen LogP contribution in [0, 0.1) is 5.82 Å². The molecule has 1 aromatic carbocycles. The Labute approximate surface area is 150 Å². The number of fused-ring (bicyclic) bond motifs is 1. The Morgan fingerprint density at radius 3 is 2.85 bits per heavy atom. The molecule has 1 aliphatic rings. The normalized spacial score (nSPS) is 13.9. The number of aromatic nitrogens is 4. The van der Waals surface area contributed by atoms with E-state index in [0.717, 1.165) is 36.2 Å². The van der Waals surface area contributed by atoms with Crippen molar-refractivity contribution in [3.63, 3.8) is 0 Å². The number of rotatable bonds is 6. The van der Waals surface area contributed by atoms with E-state index < -0.39 is 24.2 Å². The Hall–Kier alpha value is -3.17. The van der Waals surface area contributed by atoms with E-state index in [-0.39, 0.29) is 12.1 Å². The van der Waals surface area contributed by atoms with Crippen molar-refractivity contribution in [1.82, 2.24) is 25.7 Å². The average molecular weight is 377 g/mol. The molecule has 0 unspecified atom stereocenters. The third-order valence-corrected chi connectivity index (χ3v) is 4.34. The van der Waals surface area contributed by atoms with Crippen molar-refractivity contribution in [2.45, 2.75) is 31.9 Å². The molecule has 3 aromatic rings. The van der Waals surface area contributed by atoms with Crippen LogP contribution in [0.5, 0.6) is 5.88 Å². The quantitative estimate of drug-likeness (QED) is 0.689. The van der Waals surface area contributed by atoms with E-state index in [0.29, 0.717) is 17.0 Å². The molecular formula is C17H14F3N5O2. The second-order valence-corrected chi connectivity index (χ2v) is 6.17. The van der Waals surface area contributed by atoms with E-state index in [1.165, 1.54) is 0 Å². The highest BCUT2D eigenvalue weighted by molar-refractivity contribution is 5.94. The van der Waals surface area contributed by atoms with Gasteiger partial charge in [-0.3, -0.25) is 4.79 Å². The highest BCUT2D eigenvalue weighted by atomic mass is 19.3. The Kier molecular flexibility index (Phi) is 4.38. The van der Waals surface area contributed by atoms with Crippen molar-refractivity contribution in [3.8, 4) is 5.88 Å². The molecule has 1 saturated carbocycles. The largest absolute Gasteiger partial charge is 0.414 e. The van der Waals surface area contributed by atoms with Gasteiger partial charge in [-0.25, -0.2) is 9.37 Å². The number of pyridine rings is 1. The summed E-state index contributed by atoms with van der Waals surface area (Å²) in [6.45, 7) is -3.03. The van der Waals surface area contributed by atoms with E-state index in [2.05, 4.69) is 30.4 Å². The minimum Gasteiger partial charge on any atom is -0.414 e. The summed E-state index contributed by atoms with van der Waals surface area (Å²) in [5, 5.41) is 13.5. The maximum atomic E-state index is 13.8. The van der Waals surface area contributed by atoms with Crippen molar-refractivity contribution < 1.29 is 22.7 Å². The van der Waals surface area contributed by atoms with Gasteiger partial charge in [0.1, 0.15) is 11.0 Å². The van der Waals surface area contributed by atoms with Crippen LogP contribution in [0.2, 0.25) is 0 Å². The number of aromatic amines is 1. The highest BCUT2D eigenvalue weighted by Crippen LogP contribution is 2.42. The van der Waals surface area contributed by atoms with Gasteiger partial charge in [-0.05, 0) is 36.5 Å². The zero-order valence-corrected chi connectivity index (χ0v) is 13.9. The summed E-state index contributed by atoms with van der Waals surface area (Å²) >= 11 is 0. The Morgan fingerprint density at radius 1 is 1.33 bits per heavy atom. The lowest BCUT2D eigenvalue weighted by Crippen LogP contribution is -2.24. The summed E-state index contributed by atoms with van der Waals surface area (Å²) in [5.74, 6) is -2.15. The van der Waals surface area contributed by atoms with Crippen molar-refractivity contribution in [3.05, 3.63) is 46.9 Å². The van der Waals surface area contributed by atoms with Gasteiger partial charge in [-0.2, -0.15) is 24.2 Å². The van der Waals surface area contributed by atoms with E-state index >= 15 is 0 Å². The molecule has 140 valence electrons. The molecular weight excluding hydrogens is 363 g/mol. The number of carbonyl (C=O) groups is 1. The zero-order valence-electron chi connectivity index (χ0n) is 13.9. The van der Waals surface area contributed by atoms with E-state index in [4.69, 9.17) is 0 Å². The van der Waals surface area contributed by atoms with E-state index in [9.17, 15) is 18.0 Å². The van der Waals surface area contributed by atoms with Crippen LogP contribution in [-0.2, 0) is 6.54 Å². The first-order valence-corrected chi connectivity index (χ1v) is 8.23. The summed E-state index contributed by atoms with van der Waals surface area (Å²) in [6, 6.07) is 4.65. The molecule has 2 N–H and O–H groups in total. The van der Waals surface area contributed by atoms with Gasteiger partial charge in [0, 0.05) is 18.3 Å². The predicted octanol–water partition coefficient (Wildman–Crippen LogP) is 2.90. The van der Waals surface area contributed by atoms with Crippen molar-refractivity contribution >= 4 is 16.9 Å². The van der Waals surface area contributed by atoms with Gasteiger partial charge in [0.15, 0.2) is 5.82 Å². The van der Waals surface area contributed by atoms with Crippen LogP contribution in [0.15, 0.2) is 24.4 Å². The number of nitrogens with zero attached hydrogens (tertiary/aromatic N) is 3. The van der Waals surface area contributed by atoms with Crippen LogP contribution in [0.3, 0.4) is 0 Å². The van der Waals surface area contributed by atoms with Crippen LogP contribution >= 0.6 is 0 Å². The topological polar surface area (TPSA) is 92.8 Å². The van der Waals surface area contributed by atoms with Crippen LogP contribution in [0.4, 0.5) is 13.2 Å². The fraction of sp³-hybridized carbons (Fsp3) is 0.294. The number of alkyl halides is 2. The molecule has 27 heavy (non-hydrogen) atoms. The molecule has 2 aromatic heterocycles. The zero-order chi connectivity index (χ0) is 19.0.